The van der Waals surface area contributed by atoms with Gasteiger partial charge in [-0.3, -0.25) is 4.79 Å². The highest BCUT2D eigenvalue weighted by Crippen LogP contribution is 2.18. The summed E-state index contributed by atoms with van der Waals surface area (Å²) in [7, 11) is 0. The number of benzene rings is 1. The molecule has 1 aromatic carbocycles. The molecule has 0 unspecified atom stereocenters. The average Bonchev–Trinajstić information content (AvgIpc) is 3.12. The number of carbonyl (C=O) groups excluding carboxylic acids is 1. The van der Waals surface area contributed by atoms with Gasteiger partial charge in [0.1, 0.15) is 0 Å². The lowest BCUT2D eigenvalue weighted by atomic mass is 10.2. The number of hydrogen-bond donors (Lipinski definition) is 1. The highest BCUT2D eigenvalue weighted by atomic mass is 16.5. The van der Waals surface area contributed by atoms with E-state index in [1.165, 1.54) is 0 Å². The lowest BCUT2D eigenvalue weighted by Crippen LogP contribution is -2.30. The summed E-state index contributed by atoms with van der Waals surface area (Å²) in [5.74, 6) is 0.0474. The summed E-state index contributed by atoms with van der Waals surface area (Å²) in [5.41, 5.74) is 2.44. The van der Waals surface area contributed by atoms with Crippen LogP contribution < -0.4 is 0 Å². The van der Waals surface area contributed by atoms with Gasteiger partial charge in [0.15, 0.2) is 0 Å². The number of likely N-dealkylation sites (tertiary alicyclic amines) is 1. The first-order valence-electron chi connectivity index (χ1n) is 6.73. The third-order valence-corrected chi connectivity index (χ3v) is 3.55. The van der Waals surface area contributed by atoms with Crippen LogP contribution in [-0.4, -0.2) is 46.6 Å². The van der Waals surface area contributed by atoms with Gasteiger partial charge in [-0.1, -0.05) is 6.08 Å². The van der Waals surface area contributed by atoms with Crippen molar-refractivity contribution in [1.29, 1.82) is 0 Å². The van der Waals surface area contributed by atoms with Crippen molar-refractivity contribution in [2.24, 2.45) is 0 Å². The lowest BCUT2D eigenvalue weighted by molar-refractivity contribution is 0.0654. The quantitative estimate of drug-likeness (QED) is 0.865. The molecule has 0 radical (unpaired) electrons. The lowest BCUT2D eigenvalue weighted by Gasteiger charge is -2.16. The Bertz CT molecular complexity index is 635. The second-order valence-corrected chi connectivity index (χ2v) is 4.92. The number of imidazole rings is 1. The highest BCUT2D eigenvalue weighted by molar-refractivity contribution is 5.97. The molecule has 1 aliphatic heterocycles. The van der Waals surface area contributed by atoms with E-state index in [9.17, 15) is 4.79 Å². The molecule has 5 heteroatoms. The summed E-state index contributed by atoms with van der Waals surface area (Å²) in [6.07, 6.45) is 4.36. The number of nitrogens with one attached hydrogen (secondary N) is 1. The van der Waals surface area contributed by atoms with Crippen molar-refractivity contribution in [2.75, 3.05) is 19.7 Å². The summed E-state index contributed by atoms with van der Waals surface area (Å²) in [4.78, 5) is 21.5. The van der Waals surface area contributed by atoms with Gasteiger partial charge in [-0.15, -0.1) is 6.58 Å². The van der Waals surface area contributed by atoms with E-state index in [-0.39, 0.29) is 12.0 Å². The van der Waals surface area contributed by atoms with Crippen molar-refractivity contribution in [3.8, 4) is 0 Å². The Labute approximate surface area is 117 Å². The van der Waals surface area contributed by atoms with Crippen molar-refractivity contribution in [3.63, 3.8) is 0 Å². The molecule has 1 aromatic heterocycles. The topological polar surface area (TPSA) is 58.2 Å². The smallest absolute Gasteiger partial charge is 0.254 e. The molecule has 20 heavy (non-hydrogen) atoms. The minimum atomic E-state index is 0.0474. The molecule has 1 N–H and O–H groups in total. The first kappa shape index (κ1) is 12.9. The van der Waals surface area contributed by atoms with Crippen LogP contribution >= 0.6 is 0 Å². The summed E-state index contributed by atoms with van der Waals surface area (Å²) < 4.78 is 5.60. The molecule has 2 aromatic rings. The van der Waals surface area contributed by atoms with Gasteiger partial charge in [-0.25, -0.2) is 4.98 Å². The maximum absolute atomic E-state index is 12.4. The van der Waals surface area contributed by atoms with Gasteiger partial charge in [-0.2, -0.15) is 0 Å². The molecule has 0 saturated carbocycles. The standard InChI is InChI=1S/C15H17N3O2/c1-2-7-20-12-5-6-18(9-12)15(19)11-3-4-13-14(8-11)17-10-16-13/h2-4,8,10,12H,1,5-7,9H2,(H,16,17)/t12-/m1/s1. The minimum absolute atomic E-state index is 0.0474. The van der Waals surface area contributed by atoms with Crippen LogP contribution in [0.2, 0.25) is 0 Å². The summed E-state index contributed by atoms with van der Waals surface area (Å²) in [6, 6.07) is 5.53. The van der Waals surface area contributed by atoms with Crippen molar-refractivity contribution >= 4 is 16.9 Å². The number of H-pyrrole nitrogens is 1. The van der Waals surface area contributed by atoms with Crippen LogP contribution in [0.15, 0.2) is 37.2 Å². The van der Waals surface area contributed by atoms with E-state index in [1.807, 2.05) is 23.1 Å². The van der Waals surface area contributed by atoms with Gasteiger partial charge in [-0.05, 0) is 24.6 Å². The molecular formula is C15H17N3O2. The summed E-state index contributed by atoms with van der Waals surface area (Å²) >= 11 is 0. The van der Waals surface area contributed by atoms with Crippen LogP contribution in [0.3, 0.4) is 0 Å². The molecular weight excluding hydrogens is 254 g/mol. The Kier molecular flexibility index (Phi) is 3.52. The number of hydrogen-bond acceptors (Lipinski definition) is 3. The van der Waals surface area contributed by atoms with E-state index in [0.29, 0.717) is 18.7 Å². The molecule has 1 saturated heterocycles. The number of ether oxygens (including phenoxy) is 1. The summed E-state index contributed by atoms with van der Waals surface area (Å²) in [5, 5.41) is 0. The van der Waals surface area contributed by atoms with E-state index in [4.69, 9.17) is 4.74 Å². The molecule has 2 heterocycles. The number of aromatic nitrogens is 2. The predicted octanol–water partition coefficient (Wildman–Crippen LogP) is 1.98. The van der Waals surface area contributed by atoms with E-state index < -0.39 is 0 Å². The Balaban J connectivity index is 1.71. The molecule has 0 aliphatic carbocycles. The maximum atomic E-state index is 12.4. The molecule has 0 bridgehead atoms. The second-order valence-electron chi connectivity index (χ2n) is 4.92. The fourth-order valence-corrected chi connectivity index (χ4v) is 2.50. The molecule has 5 nitrogen and oxygen atoms in total. The minimum Gasteiger partial charge on any atom is -0.372 e. The van der Waals surface area contributed by atoms with Gasteiger partial charge in [0.05, 0.1) is 30.1 Å². The number of nitrogens with zero attached hydrogens (tertiary/aromatic N) is 2. The Morgan fingerprint density at radius 1 is 1.60 bits per heavy atom. The van der Waals surface area contributed by atoms with Crippen LogP contribution in [-0.2, 0) is 4.74 Å². The van der Waals surface area contributed by atoms with Crippen LogP contribution in [0.25, 0.3) is 11.0 Å². The molecule has 3 rings (SSSR count). The maximum Gasteiger partial charge on any atom is 0.254 e. The monoisotopic (exact) mass is 271 g/mol. The fourth-order valence-electron chi connectivity index (χ4n) is 2.50. The zero-order valence-corrected chi connectivity index (χ0v) is 11.2. The van der Waals surface area contributed by atoms with Gasteiger partial charge in [0.2, 0.25) is 0 Å². The van der Waals surface area contributed by atoms with Crippen molar-refractivity contribution in [3.05, 3.63) is 42.7 Å². The molecule has 1 amide bonds. The molecule has 0 spiro atoms. The Morgan fingerprint density at radius 3 is 3.35 bits per heavy atom. The number of amides is 1. The van der Waals surface area contributed by atoms with Crippen molar-refractivity contribution in [2.45, 2.75) is 12.5 Å². The molecule has 1 atom stereocenters. The number of aromatic amines is 1. The largest absolute Gasteiger partial charge is 0.372 e. The Morgan fingerprint density at radius 2 is 2.50 bits per heavy atom. The van der Waals surface area contributed by atoms with Crippen molar-refractivity contribution < 1.29 is 9.53 Å². The van der Waals surface area contributed by atoms with Crippen LogP contribution in [0, 0.1) is 0 Å². The SMILES string of the molecule is C=CCO[C@@H]1CCN(C(=O)c2ccc3nc[nH]c3c2)C1. The van der Waals surface area contributed by atoms with Crippen molar-refractivity contribution in [1.82, 2.24) is 14.9 Å². The van der Waals surface area contributed by atoms with E-state index in [0.717, 1.165) is 24.0 Å². The molecule has 104 valence electrons. The molecule has 1 aliphatic rings. The molecule has 1 fully saturated rings. The zero-order valence-electron chi connectivity index (χ0n) is 11.2. The van der Waals surface area contributed by atoms with Gasteiger partial charge in [0.25, 0.3) is 5.91 Å². The zero-order chi connectivity index (χ0) is 13.9. The average molecular weight is 271 g/mol. The van der Waals surface area contributed by atoms with Crippen LogP contribution in [0.1, 0.15) is 16.8 Å². The number of carbonyl (C=O) groups is 1. The first-order valence-corrected chi connectivity index (χ1v) is 6.73. The fraction of sp³-hybridized carbons (Fsp3) is 0.333. The third kappa shape index (κ3) is 2.44. The summed E-state index contributed by atoms with van der Waals surface area (Å²) in [6.45, 7) is 5.55. The van der Waals surface area contributed by atoms with Gasteiger partial charge >= 0.3 is 0 Å². The normalized spacial score (nSPS) is 18.6. The van der Waals surface area contributed by atoms with Gasteiger partial charge < -0.3 is 14.6 Å². The second kappa shape index (κ2) is 5.46. The van der Waals surface area contributed by atoms with Gasteiger partial charge in [0, 0.05) is 18.7 Å². The van der Waals surface area contributed by atoms with E-state index in [2.05, 4.69) is 16.5 Å². The number of rotatable bonds is 4. The van der Waals surface area contributed by atoms with E-state index >= 15 is 0 Å². The number of fused-ring (bicyclic) bond motifs is 1. The first-order chi connectivity index (χ1) is 9.78. The Hall–Kier alpha value is -2.14. The third-order valence-electron chi connectivity index (χ3n) is 3.55. The van der Waals surface area contributed by atoms with E-state index in [1.54, 1.807) is 12.4 Å². The predicted molar refractivity (Wildman–Crippen MR) is 76.6 cm³/mol. The highest BCUT2D eigenvalue weighted by Gasteiger charge is 2.27. The van der Waals surface area contributed by atoms with Crippen LogP contribution in [0.4, 0.5) is 0 Å². The van der Waals surface area contributed by atoms with Crippen LogP contribution in [0.5, 0.6) is 0 Å².